The van der Waals surface area contributed by atoms with Crippen LogP contribution in [0, 0.1) is 6.92 Å². The van der Waals surface area contributed by atoms with Gasteiger partial charge < -0.3 is 0 Å². The summed E-state index contributed by atoms with van der Waals surface area (Å²) < 4.78 is 1.23. The average molecular weight is 223 g/mol. The molecule has 0 aliphatic heterocycles. The lowest BCUT2D eigenvalue weighted by Crippen LogP contribution is -1.89. The van der Waals surface area contributed by atoms with Crippen molar-refractivity contribution in [3.8, 4) is 0 Å². The highest BCUT2D eigenvalue weighted by molar-refractivity contribution is 9.10. The molecule has 0 radical (unpaired) electrons. The maximum atomic E-state index is 3.58. The van der Waals surface area contributed by atoms with E-state index < -0.39 is 0 Å². The number of fused-ring (bicyclic) bond motifs is 1. The third-order valence-corrected chi connectivity index (χ3v) is 3.16. The van der Waals surface area contributed by atoms with Crippen molar-refractivity contribution in [2.45, 2.75) is 20.3 Å². The maximum absolute atomic E-state index is 3.58. The molecule has 0 nitrogen and oxygen atoms in total. The minimum atomic E-state index is 1.10. The van der Waals surface area contributed by atoms with Crippen molar-refractivity contribution in [2.24, 2.45) is 0 Å². The minimum Gasteiger partial charge on any atom is -0.0765 e. The number of hydrogen-bond acceptors (Lipinski definition) is 0. The molecule has 12 heavy (non-hydrogen) atoms. The first-order valence-corrected chi connectivity index (χ1v) is 4.94. The molecule has 1 aliphatic carbocycles. The topological polar surface area (TPSA) is 0 Å². The molecule has 1 aromatic carbocycles. The Morgan fingerprint density at radius 1 is 1.25 bits per heavy atom. The van der Waals surface area contributed by atoms with Crippen LogP contribution in [0.4, 0.5) is 0 Å². The Balaban J connectivity index is 2.71. The minimum absolute atomic E-state index is 1.10. The standard InChI is InChI=1S/C11H11Br/c1-7-4-6-10(12)11-8(2)3-5-9(7)11/h3-4,6H,5H2,1-2H3. The van der Waals surface area contributed by atoms with Gasteiger partial charge in [-0.25, -0.2) is 0 Å². The summed E-state index contributed by atoms with van der Waals surface area (Å²) in [7, 11) is 0. The van der Waals surface area contributed by atoms with Crippen molar-refractivity contribution in [3.05, 3.63) is 39.4 Å². The molecule has 0 bridgehead atoms. The van der Waals surface area contributed by atoms with Gasteiger partial charge in [-0.1, -0.05) is 28.1 Å². The van der Waals surface area contributed by atoms with Crippen molar-refractivity contribution >= 4 is 21.5 Å². The Morgan fingerprint density at radius 2 is 2.00 bits per heavy atom. The summed E-state index contributed by atoms with van der Waals surface area (Å²) in [4.78, 5) is 0. The fourth-order valence-electron chi connectivity index (χ4n) is 1.77. The molecular formula is C11H11Br. The molecule has 0 saturated carbocycles. The van der Waals surface area contributed by atoms with Crippen LogP contribution in [0.25, 0.3) is 5.57 Å². The monoisotopic (exact) mass is 222 g/mol. The SMILES string of the molecule is CC1=CCc2c(C)ccc(Br)c21. The second-order valence-electron chi connectivity index (χ2n) is 3.31. The summed E-state index contributed by atoms with van der Waals surface area (Å²) in [5.41, 5.74) is 5.71. The Bertz CT molecular complexity index is 362. The molecule has 0 atom stereocenters. The number of allylic oxidation sites excluding steroid dienone is 2. The van der Waals surface area contributed by atoms with Crippen LogP contribution in [0.3, 0.4) is 0 Å². The van der Waals surface area contributed by atoms with Crippen LogP contribution in [0.1, 0.15) is 23.6 Å². The summed E-state index contributed by atoms with van der Waals surface area (Å²) in [6.07, 6.45) is 3.40. The highest BCUT2D eigenvalue weighted by Gasteiger charge is 2.15. The van der Waals surface area contributed by atoms with E-state index in [9.17, 15) is 0 Å². The lowest BCUT2D eigenvalue weighted by molar-refractivity contribution is 1.23. The molecule has 0 spiro atoms. The van der Waals surface area contributed by atoms with E-state index in [2.05, 4.69) is 48.0 Å². The molecule has 1 heteroatoms. The first-order valence-electron chi connectivity index (χ1n) is 4.15. The van der Waals surface area contributed by atoms with E-state index in [1.54, 1.807) is 0 Å². The summed E-state index contributed by atoms with van der Waals surface area (Å²) in [5.74, 6) is 0. The molecule has 0 unspecified atom stereocenters. The summed E-state index contributed by atoms with van der Waals surface area (Å²) in [5, 5.41) is 0. The Morgan fingerprint density at radius 3 is 2.67 bits per heavy atom. The van der Waals surface area contributed by atoms with Gasteiger partial charge in [0.25, 0.3) is 0 Å². The number of halogens is 1. The summed E-state index contributed by atoms with van der Waals surface area (Å²) in [6, 6.07) is 4.31. The third kappa shape index (κ3) is 1.04. The van der Waals surface area contributed by atoms with Gasteiger partial charge in [0, 0.05) is 4.47 Å². The molecule has 0 heterocycles. The fourth-order valence-corrected chi connectivity index (χ4v) is 2.45. The quantitative estimate of drug-likeness (QED) is 0.628. The van der Waals surface area contributed by atoms with Crippen LogP contribution in [0.2, 0.25) is 0 Å². The van der Waals surface area contributed by atoms with E-state index in [-0.39, 0.29) is 0 Å². The van der Waals surface area contributed by atoms with Crippen LogP contribution < -0.4 is 0 Å². The third-order valence-electron chi connectivity index (χ3n) is 2.50. The summed E-state index contributed by atoms with van der Waals surface area (Å²) in [6.45, 7) is 4.35. The molecule has 2 rings (SSSR count). The predicted octanol–water partition coefficient (Wildman–Crippen LogP) is 3.72. The van der Waals surface area contributed by atoms with E-state index >= 15 is 0 Å². The number of benzene rings is 1. The zero-order valence-corrected chi connectivity index (χ0v) is 8.90. The lowest BCUT2D eigenvalue weighted by Gasteiger charge is -2.07. The van der Waals surface area contributed by atoms with Gasteiger partial charge in [-0.3, -0.25) is 0 Å². The molecule has 0 amide bonds. The van der Waals surface area contributed by atoms with Crippen molar-refractivity contribution < 1.29 is 0 Å². The van der Waals surface area contributed by atoms with E-state index in [0.717, 1.165) is 6.42 Å². The lowest BCUT2D eigenvalue weighted by atomic mass is 10.0. The van der Waals surface area contributed by atoms with Crippen LogP contribution in [0.15, 0.2) is 22.7 Å². The van der Waals surface area contributed by atoms with Gasteiger partial charge in [-0.15, -0.1) is 0 Å². The molecule has 62 valence electrons. The molecule has 0 saturated heterocycles. The largest absolute Gasteiger partial charge is 0.0765 e. The van der Waals surface area contributed by atoms with Crippen LogP contribution >= 0.6 is 15.9 Å². The Hall–Kier alpha value is -0.560. The van der Waals surface area contributed by atoms with E-state index in [4.69, 9.17) is 0 Å². The Labute approximate surface area is 81.4 Å². The number of hydrogen-bond donors (Lipinski definition) is 0. The average Bonchev–Trinajstić information content (AvgIpc) is 2.42. The van der Waals surface area contributed by atoms with Crippen LogP contribution in [-0.4, -0.2) is 0 Å². The number of aryl methyl sites for hydroxylation is 1. The van der Waals surface area contributed by atoms with E-state index in [1.165, 1.54) is 26.7 Å². The smallest absolute Gasteiger partial charge is 0.0253 e. The number of rotatable bonds is 0. The Kier molecular flexibility index (Phi) is 1.84. The molecule has 0 N–H and O–H groups in total. The van der Waals surface area contributed by atoms with Crippen molar-refractivity contribution in [2.75, 3.05) is 0 Å². The van der Waals surface area contributed by atoms with Crippen molar-refractivity contribution in [1.29, 1.82) is 0 Å². The zero-order valence-electron chi connectivity index (χ0n) is 7.32. The molecular weight excluding hydrogens is 212 g/mol. The summed E-state index contributed by atoms with van der Waals surface area (Å²) >= 11 is 3.58. The normalized spacial score (nSPS) is 14.4. The van der Waals surface area contributed by atoms with Crippen molar-refractivity contribution in [3.63, 3.8) is 0 Å². The highest BCUT2D eigenvalue weighted by Crippen LogP contribution is 2.34. The van der Waals surface area contributed by atoms with Crippen LogP contribution in [-0.2, 0) is 6.42 Å². The zero-order chi connectivity index (χ0) is 8.72. The molecule has 1 aliphatic rings. The highest BCUT2D eigenvalue weighted by atomic mass is 79.9. The van der Waals surface area contributed by atoms with Gasteiger partial charge in [-0.2, -0.15) is 0 Å². The predicted molar refractivity (Wildman–Crippen MR) is 56.2 cm³/mol. The van der Waals surface area contributed by atoms with Gasteiger partial charge in [0.05, 0.1) is 0 Å². The van der Waals surface area contributed by atoms with E-state index in [1.807, 2.05) is 0 Å². The second kappa shape index (κ2) is 2.74. The first-order chi connectivity index (χ1) is 5.70. The molecule has 0 fully saturated rings. The fraction of sp³-hybridized carbons (Fsp3) is 0.273. The van der Waals surface area contributed by atoms with Crippen LogP contribution in [0.5, 0.6) is 0 Å². The van der Waals surface area contributed by atoms with Gasteiger partial charge >= 0.3 is 0 Å². The van der Waals surface area contributed by atoms with Crippen molar-refractivity contribution in [1.82, 2.24) is 0 Å². The van der Waals surface area contributed by atoms with Gasteiger partial charge in [0.1, 0.15) is 0 Å². The molecule has 0 aromatic heterocycles. The first kappa shape index (κ1) is 8.06. The van der Waals surface area contributed by atoms with Gasteiger partial charge in [-0.05, 0) is 48.6 Å². The maximum Gasteiger partial charge on any atom is 0.0253 e. The molecule has 1 aromatic rings. The van der Waals surface area contributed by atoms with E-state index in [0.29, 0.717) is 0 Å². The van der Waals surface area contributed by atoms with Gasteiger partial charge in [0.2, 0.25) is 0 Å². The second-order valence-corrected chi connectivity index (χ2v) is 4.16. The van der Waals surface area contributed by atoms with Gasteiger partial charge in [0.15, 0.2) is 0 Å².